The summed E-state index contributed by atoms with van der Waals surface area (Å²) in [4.78, 5) is 27.7. The van der Waals surface area contributed by atoms with Crippen LogP contribution in [-0.2, 0) is 0 Å². The number of anilines is 2. The zero-order chi connectivity index (χ0) is 16.4. The van der Waals surface area contributed by atoms with E-state index in [-0.39, 0.29) is 11.9 Å². The lowest BCUT2D eigenvalue weighted by molar-refractivity contribution is 0.102. The lowest BCUT2D eigenvalue weighted by Crippen LogP contribution is -2.29. The van der Waals surface area contributed by atoms with Gasteiger partial charge in [0.1, 0.15) is 0 Å². The third-order valence-electron chi connectivity index (χ3n) is 3.74. The second kappa shape index (κ2) is 6.57. The van der Waals surface area contributed by atoms with Gasteiger partial charge in [-0.05, 0) is 65.1 Å². The van der Waals surface area contributed by atoms with Gasteiger partial charge in [0.25, 0.3) is 5.91 Å². The predicted molar refractivity (Wildman–Crippen MR) is 98.9 cm³/mol. The fraction of sp³-hybridized carbons (Fsp3) is 0.176. The van der Waals surface area contributed by atoms with Gasteiger partial charge in [0.15, 0.2) is 0 Å². The molecule has 1 aliphatic rings. The van der Waals surface area contributed by atoms with Gasteiger partial charge in [0, 0.05) is 40.6 Å². The zero-order valence-corrected chi connectivity index (χ0v) is 14.8. The van der Waals surface area contributed by atoms with Crippen molar-refractivity contribution in [1.29, 1.82) is 0 Å². The summed E-state index contributed by atoms with van der Waals surface area (Å²) in [6.07, 6.45) is 0. The van der Waals surface area contributed by atoms with Crippen LogP contribution in [-0.4, -0.2) is 37.0 Å². The number of amides is 3. The van der Waals surface area contributed by atoms with E-state index >= 15 is 0 Å². The molecular weight excluding hydrogens is 405 g/mol. The fourth-order valence-electron chi connectivity index (χ4n) is 2.44. The maximum atomic E-state index is 12.3. The highest BCUT2D eigenvalue weighted by Crippen LogP contribution is 2.23. The van der Waals surface area contributed by atoms with Gasteiger partial charge in [0.05, 0.1) is 0 Å². The van der Waals surface area contributed by atoms with Gasteiger partial charge in [-0.1, -0.05) is 6.07 Å². The molecule has 0 aromatic heterocycles. The highest BCUT2D eigenvalue weighted by molar-refractivity contribution is 14.1. The van der Waals surface area contributed by atoms with Gasteiger partial charge in [0.2, 0.25) is 0 Å². The summed E-state index contributed by atoms with van der Waals surface area (Å²) >= 11 is 2.20. The van der Waals surface area contributed by atoms with E-state index in [2.05, 4.69) is 27.9 Å². The van der Waals surface area contributed by atoms with Crippen LogP contribution in [0.2, 0.25) is 0 Å². The molecule has 1 aliphatic heterocycles. The summed E-state index contributed by atoms with van der Waals surface area (Å²) in [6, 6.07) is 14.7. The molecule has 0 bridgehead atoms. The Morgan fingerprint density at radius 3 is 2.52 bits per heavy atom. The van der Waals surface area contributed by atoms with Crippen LogP contribution >= 0.6 is 22.6 Å². The number of likely N-dealkylation sites (N-methyl/N-ethyl adjacent to an activating group) is 1. The van der Waals surface area contributed by atoms with E-state index in [0.717, 1.165) is 9.26 Å². The number of hydrogen-bond donors (Lipinski definition) is 1. The van der Waals surface area contributed by atoms with Crippen LogP contribution in [0, 0.1) is 3.57 Å². The molecule has 6 heteroatoms. The molecule has 0 unspecified atom stereocenters. The molecule has 23 heavy (non-hydrogen) atoms. The summed E-state index contributed by atoms with van der Waals surface area (Å²) < 4.78 is 1.08. The first-order valence-electron chi connectivity index (χ1n) is 7.24. The van der Waals surface area contributed by atoms with Crippen LogP contribution in [0.1, 0.15) is 10.4 Å². The number of nitrogens with zero attached hydrogens (tertiary/aromatic N) is 2. The number of hydrogen-bond acceptors (Lipinski definition) is 2. The van der Waals surface area contributed by atoms with E-state index in [1.165, 1.54) is 0 Å². The Bertz CT molecular complexity index is 746. The molecule has 0 atom stereocenters. The average Bonchev–Trinajstić information content (AvgIpc) is 2.88. The van der Waals surface area contributed by atoms with Gasteiger partial charge < -0.3 is 10.2 Å². The van der Waals surface area contributed by atoms with Crippen molar-refractivity contribution in [1.82, 2.24) is 4.90 Å². The first kappa shape index (κ1) is 15.8. The lowest BCUT2D eigenvalue weighted by atomic mass is 10.2. The summed E-state index contributed by atoms with van der Waals surface area (Å²) in [6.45, 7) is 1.36. The minimum Gasteiger partial charge on any atom is -0.326 e. The molecule has 2 aromatic rings. The second-order valence-corrected chi connectivity index (χ2v) is 6.61. The van der Waals surface area contributed by atoms with Gasteiger partial charge in [-0.25, -0.2) is 4.79 Å². The Kier molecular flexibility index (Phi) is 4.51. The number of halogens is 1. The second-order valence-electron chi connectivity index (χ2n) is 5.37. The molecule has 0 aliphatic carbocycles. The number of carbonyl (C=O) groups is 2. The Morgan fingerprint density at radius 2 is 1.87 bits per heavy atom. The molecule has 2 aromatic carbocycles. The van der Waals surface area contributed by atoms with Crippen LogP contribution in [0.4, 0.5) is 16.2 Å². The highest BCUT2D eigenvalue weighted by Gasteiger charge is 2.26. The minimum atomic E-state index is -0.164. The van der Waals surface area contributed by atoms with Crippen molar-refractivity contribution in [2.24, 2.45) is 0 Å². The maximum Gasteiger partial charge on any atom is 0.324 e. The fourth-order valence-corrected chi connectivity index (χ4v) is 2.80. The molecule has 1 N–H and O–H groups in total. The molecule has 5 nitrogen and oxygen atoms in total. The summed E-state index contributed by atoms with van der Waals surface area (Å²) in [7, 11) is 1.78. The number of rotatable bonds is 3. The van der Waals surface area contributed by atoms with Crippen molar-refractivity contribution in [3.63, 3.8) is 0 Å². The topological polar surface area (TPSA) is 52.6 Å². The van der Waals surface area contributed by atoms with E-state index in [0.29, 0.717) is 24.3 Å². The monoisotopic (exact) mass is 421 g/mol. The molecule has 3 amide bonds. The molecule has 0 spiro atoms. The summed E-state index contributed by atoms with van der Waals surface area (Å²) in [5, 5.41) is 2.87. The van der Waals surface area contributed by atoms with Crippen LogP contribution in [0.25, 0.3) is 0 Å². The Labute approximate surface area is 148 Å². The van der Waals surface area contributed by atoms with E-state index < -0.39 is 0 Å². The minimum absolute atomic E-state index is 0.0221. The molecule has 1 saturated heterocycles. The van der Waals surface area contributed by atoms with Crippen LogP contribution in [0.15, 0.2) is 48.5 Å². The third-order valence-corrected chi connectivity index (χ3v) is 4.46. The van der Waals surface area contributed by atoms with Gasteiger partial charge in [-0.2, -0.15) is 0 Å². The van der Waals surface area contributed by atoms with E-state index in [1.807, 2.05) is 36.4 Å². The van der Waals surface area contributed by atoms with Crippen LogP contribution < -0.4 is 10.2 Å². The van der Waals surface area contributed by atoms with Crippen molar-refractivity contribution >= 4 is 45.9 Å². The van der Waals surface area contributed by atoms with E-state index in [4.69, 9.17) is 0 Å². The van der Waals surface area contributed by atoms with E-state index in [1.54, 1.807) is 29.0 Å². The quantitative estimate of drug-likeness (QED) is 0.773. The standard InChI is InChI=1S/C17H16IN3O2/c1-20-9-10-21(17(20)23)15-4-2-3-14(11-15)19-16(22)12-5-7-13(18)8-6-12/h2-8,11H,9-10H2,1H3,(H,19,22). The smallest absolute Gasteiger partial charge is 0.324 e. The molecule has 1 fully saturated rings. The van der Waals surface area contributed by atoms with Gasteiger partial charge >= 0.3 is 6.03 Å². The van der Waals surface area contributed by atoms with Gasteiger partial charge in [-0.15, -0.1) is 0 Å². The van der Waals surface area contributed by atoms with Crippen molar-refractivity contribution < 1.29 is 9.59 Å². The Morgan fingerprint density at radius 1 is 1.13 bits per heavy atom. The predicted octanol–water partition coefficient (Wildman–Crippen LogP) is 3.42. The number of nitrogens with one attached hydrogen (secondary N) is 1. The molecule has 1 heterocycles. The van der Waals surface area contributed by atoms with Crippen LogP contribution in [0.3, 0.4) is 0 Å². The maximum absolute atomic E-state index is 12.3. The van der Waals surface area contributed by atoms with Crippen LogP contribution in [0.5, 0.6) is 0 Å². The van der Waals surface area contributed by atoms with Crippen molar-refractivity contribution in [2.75, 3.05) is 30.4 Å². The summed E-state index contributed by atoms with van der Waals surface area (Å²) in [5.74, 6) is -0.164. The first-order chi connectivity index (χ1) is 11.0. The largest absolute Gasteiger partial charge is 0.326 e. The number of benzene rings is 2. The van der Waals surface area contributed by atoms with Crippen molar-refractivity contribution in [3.05, 3.63) is 57.7 Å². The lowest BCUT2D eigenvalue weighted by Gasteiger charge is -2.17. The SMILES string of the molecule is CN1CCN(c2cccc(NC(=O)c3ccc(I)cc3)c2)C1=O. The van der Waals surface area contributed by atoms with Crippen molar-refractivity contribution in [3.8, 4) is 0 Å². The van der Waals surface area contributed by atoms with E-state index in [9.17, 15) is 9.59 Å². The first-order valence-corrected chi connectivity index (χ1v) is 8.32. The number of carbonyl (C=O) groups excluding carboxylic acids is 2. The Hall–Kier alpha value is -2.09. The third kappa shape index (κ3) is 3.47. The normalized spacial score (nSPS) is 14.3. The van der Waals surface area contributed by atoms with Gasteiger partial charge in [-0.3, -0.25) is 9.69 Å². The zero-order valence-electron chi connectivity index (χ0n) is 12.6. The molecule has 3 rings (SSSR count). The molecule has 0 saturated carbocycles. The molecule has 0 radical (unpaired) electrons. The summed E-state index contributed by atoms with van der Waals surface area (Å²) in [5.41, 5.74) is 2.07. The molecular formula is C17H16IN3O2. The highest BCUT2D eigenvalue weighted by atomic mass is 127. The number of urea groups is 1. The van der Waals surface area contributed by atoms with Crippen molar-refractivity contribution in [2.45, 2.75) is 0 Å². The molecule has 118 valence electrons. The Balaban J connectivity index is 1.76. The average molecular weight is 421 g/mol.